The maximum Gasteiger partial charge on any atom is 0.230 e. The highest BCUT2D eigenvalue weighted by Crippen LogP contribution is 2.39. The van der Waals surface area contributed by atoms with Gasteiger partial charge in [-0.1, -0.05) is 115 Å². The molecule has 4 nitrogen and oxygen atoms in total. The Morgan fingerprint density at radius 2 is 1.12 bits per heavy atom. The predicted molar refractivity (Wildman–Crippen MR) is 205 cm³/mol. The summed E-state index contributed by atoms with van der Waals surface area (Å²) in [5.41, 5.74) is 11.7. The molecule has 8 aromatic rings. The SMILES string of the molecule is Cc1ccccc1-n1c2ccccc2c2cc(-c3ccc4c(c3)c3ccccc3n4C3=NC(c4ccccc4)C4C=CC=CC4=N3)ccc21. The lowest BCUT2D eigenvalue weighted by atomic mass is 9.86. The van der Waals surface area contributed by atoms with E-state index in [4.69, 9.17) is 9.98 Å². The minimum atomic E-state index is -0.0473. The maximum absolute atomic E-state index is 5.36. The first-order valence-electron chi connectivity index (χ1n) is 16.9. The zero-order valence-corrected chi connectivity index (χ0v) is 27.0. The number of para-hydroxylation sites is 3. The van der Waals surface area contributed by atoms with Crippen LogP contribution < -0.4 is 0 Å². The Bertz CT molecular complexity index is 2730. The molecule has 2 unspecified atom stereocenters. The fourth-order valence-corrected chi connectivity index (χ4v) is 7.91. The van der Waals surface area contributed by atoms with Crippen molar-refractivity contribution >= 4 is 55.3 Å². The Balaban J connectivity index is 1.15. The second-order valence-corrected chi connectivity index (χ2v) is 13.0. The van der Waals surface area contributed by atoms with E-state index in [2.05, 4.69) is 180 Å². The zero-order chi connectivity index (χ0) is 32.5. The molecule has 10 rings (SSSR count). The number of rotatable bonds is 3. The maximum atomic E-state index is 5.36. The summed E-state index contributed by atoms with van der Waals surface area (Å²) in [5, 5.41) is 4.89. The van der Waals surface area contributed by atoms with Crippen molar-refractivity contribution in [1.29, 1.82) is 0 Å². The monoisotopic (exact) mass is 628 g/mol. The van der Waals surface area contributed by atoms with Gasteiger partial charge in [-0.3, -0.25) is 4.57 Å². The molecule has 2 aliphatic rings. The van der Waals surface area contributed by atoms with Gasteiger partial charge in [0.2, 0.25) is 5.96 Å². The van der Waals surface area contributed by atoms with E-state index >= 15 is 0 Å². The summed E-state index contributed by atoms with van der Waals surface area (Å²) in [5.74, 6) is 0.840. The summed E-state index contributed by atoms with van der Waals surface area (Å²) >= 11 is 0. The molecule has 0 spiro atoms. The van der Waals surface area contributed by atoms with Crippen LogP contribution in [-0.4, -0.2) is 20.8 Å². The van der Waals surface area contributed by atoms with Crippen molar-refractivity contribution in [3.8, 4) is 16.8 Å². The normalized spacial score (nSPS) is 17.2. The molecular formula is C45H32N4. The number of aryl methyl sites for hydroxylation is 1. The number of fused-ring (bicyclic) bond motifs is 7. The molecular weight excluding hydrogens is 597 g/mol. The van der Waals surface area contributed by atoms with Gasteiger partial charge in [0.15, 0.2) is 0 Å². The van der Waals surface area contributed by atoms with Gasteiger partial charge in [-0.15, -0.1) is 0 Å². The topological polar surface area (TPSA) is 34.6 Å². The van der Waals surface area contributed by atoms with E-state index in [1.165, 1.54) is 60.5 Å². The van der Waals surface area contributed by atoms with Crippen molar-refractivity contribution in [2.24, 2.45) is 15.9 Å². The zero-order valence-electron chi connectivity index (χ0n) is 27.0. The van der Waals surface area contributed by atoms with Crippen LogP contribution in [0.5, 0.6) is 0 Å². The Hall–Kier alpha value is -6.26. The fourth-order valence-electron chi connectivity index (χ4n) is 7.91. The first kappa shape index (κ1) is 27.8. The Morgan fingerprint density at radius 1 is 0.531 bits per heavy atom. The lowest BCUT2D eigenvalue weighted by Gasteiger charge is -2.28. The van der Waals surface area contributed by atoms with E-state index in [9.17, 15) is 0 Å². The average Bonchev–Trinajstić information content (AvgIpc) is 3.67. The fraction of sp³-hybridized carbons (Fsp3) is 0.0667. The Morgan fingerprint density at radius 3 is 1.84 bits per heavy atom. The van der Waals surface area contributed by atoms with Crippen molar-refractivity contribution in [3.05, 3.63) is 175 Å². The summed E-state index contributed by atoms with van der Waals surface area (Å²) in [4.78, 5) is 10.5. The molecule has 0 N–H and O–H groups in total. The Kier molecular flexibility index (Phi) is 6.18. The highest BCUT2D eigenvalue weighted by molar-refractivity contribution is 6.18. The van der Waals surface area contributed by atoms with Gasteiger partial charge < -0.3 is 4.57 Å². The van der Waals surface area contributed by atoms with E-state index in [1.807, 2.05) is 0 Å². The molecule has 0 bridgehead atoms. The third-order valence-corrected chi connectivity index (χ3v) is 10.2. The molecule has 2 aromatic heterocycles. The third kappa shape index (κ3) is 4.31. The molecule has 0 amide bonds. The molecule has 0 saturated carbocycles. The number of aliphatic imine (C=N–C) groups is 2. The van der Waals surface area contributed by atoms with Gasteiger partial charge in [-0.2, -0.15) is 0 Å². The second-order valence-electron chi connectivity index (χ2n) is 13.0. The standard InChI is InChI=1S/C45H32N4/c1-29-13-5-10-20-39(29)48-40-21-11-7-16-33(40)36-27-31(23-25-42(36)48)32-24-26-43-37(28-32)34-17-8-12-22-41(34)49(43)45-46-38-19-9-6-18-35(38)44(47-45)30-14-3-2-4-15-30/h2-28,35,44H,1H3. The highest BCUT2D eigenvalue weighted by atomic mass is 15.2. The molecule has 4 heteroatoms. The van der Waals surface area contributed by atoms with Crippen LogP contribution >= 0.6 is 0 Å². The number of hydrogen-bond donors (Lipinski definition) is 0. The van der Waals surface area contributed by atoms with Gasteiger partial charge in [-0.25, -0.2) is 9.98 Å². The molecule has 49 heavy (non-hydrogen) atoms. The van der Waals surface area contributed by atoms with Crippen molar-refractivity contribution in [1.82, 2.24) is 9.13 Å². The molecule has 3 heterocycles. The molecule has 232 valence electrons. The molecule has 1 aliphatic carbocycles. The van der Waals surface area contributed by atoms with Gasteiger partial charge in [0.1, 0.15) is 0 Å². The number of allylic oxidation sites excluding steroid dienone is 3. The Labute approximate surface area is 284 Å². The molecule has 0 radical (unpaired) electrons. The second kappa shape index (κ2) is 10.9. The van der Waals surface area contributed by atoms with Crippen molar-refractivity contribution < 1.29 is 0 Å². The third-order valence-electron chi connectivity index (χ3n) is 10.2. The number of nitrogens with zero attached hydrogens (tertiary/aromatic N) is 4. The number of hydrogen-bond acceptors (Lipinski definition) is 2. The summed E-state index contributed by atoms with van der Waals surface area (Å²) in [6.45, 7) is 2.18. The molecule has 6 aromatic carbocycles. The molecule has 2 atom stereocenters. The van der Waals surface area contributed by atoms with Gasteiger partial charge >= 0.3 is 0 Å². The minimum Gasteiger partial charge on any atom is -0.309 e. The van der Waals surface area contributed by atoms with Crippen LogP contribution in [0.3, 0.4) is 0 Å². The van der Waals surface area contributed by atoms with Crippen LogP contribution in [0.1, 0.15) is 17.2 Å². The lowest BCUT2D eigenvalue weighted by molar-refractivity contribution is 0.636. The minimum absolute atomic E-state index is 0.0473. The van der Waals surface area contributed by atoms with Gasteiger partial charge in [0.05, 0.1) is 33.8 Å². The first-order valence-corrected chi connectivity index (χ1v) is 16.9. The summed E-state index contributed by atoms with van der Waals surface area (Å²) in [6, 6.07) is 50.3. The largest absolute Gasteiger partial charge is 0.309 e. The van der Waals surface area contributed by atoms with Crippen LogP contribution in [0.4, 0.5) is 0 Å². The average molecular weight is 629 g/mol. The summed E-state index contributed by atoms with van der Waals surface area (Å²) in [6.07, 6.45) is 8.55. The van der Waals surface area contributed by atoms with E-state index in [0.29, 0.717) is 0 Å². The van der Waals surface area contributed by atoms with Crippen molar-refractivity contribution in [2.45, 2.75) is 13.0 Å². The number of benzene rings is 6. The molecule has 0 saturated heterocycles. The van der Waals surface area contributed by atoms with E-state index in [-0.39, 0.29) is 12.0 Å². The number of aromatic nitrogens is 2. The smallest absolute Gasteiger partial charge is 0.230 e. The molecule has 1 aliphatic heterocycles. The summed E-state index contributed by atoms with van der Waals surface area (Å²) in [7, 11) is 0. The van der Waals surface area contributed by atoms with Gasteiger partial charge in [0, 0.05) is 33.2 Å². The van der Waals surface area contributed by atoms with Gasteiger partial charge in [-0.05, 0) is 77.7 Å². The van der Waals surface area contributed by atoms with E-state index < -0.39 is 0 Å². The molecule has 0 fully saturated rings. The van der Waals surface area contributed by atoms with Crippen LogP contribution in [0, 0.1) is 12.8 Å². The van der Waals surface area contributed by atoms with Crippen LogP contribution in [-0.2, 0) is 0 Å². The van der Waals surface area contributed by atoms with E-state index in [0.717, 1.165) is 22.7 Å². The quantitative estimate of drug-likeness (QED) is 0.187. The van der Waals surface area contributed by atoms with Gasteiger partial charge in [0.25, 0.3) is 0 Å². The summed E-state index contributed by atoms with van der Waals surface area (Å²) < 4.78 is 4.65. The van der Waals surface area contributed by atoms with Crippen molar-refractivity contribution in [2.75, 3.05) is 0 Å². The van der Waals surface area contributed by atoms with E-state index in [1.54, 1.807) is 0 Å². The highest BCUT2D eigenvalue weighted by Gasteiger charge is 2.31. The van der Waals surface area contributed by atoms with Crippen LogP contribution in [0.25, 0.3) is 60.4 Å². The first-order chi connectivity index (χ1) is 24.2. The lowest BCUT2D eigenvalue weighted by Crippen LogP contribution is -2.28. The predicted octanol–water partition coefficient (Wildman–Crippen LogP) is 11.0. The van der Waals surface area contributed by atoms with Crippen LogP contribution in [0.2, 0.25) is 0 Å². The van der Waals surface area contributed by atoms with Crippen LogP contribution in [0.15, 0.2) is 174 Å². The van der Waals surface area contributed by atoms with Crippen molar-refractivity contribution in [3.63, 3.8) is 0 Å².